The van der Waals surface area contributed by atoms with Crippen LogP contribution in [0.3, 0.4) is 0 Å². The summed E-state index contributed by atoms with van der Waals surface area (Å²) in [6, 6.07) is 1.78. The molecule has 2 rings (SSSR count). The van der Waals surface area contributed by atoms with Crippen molar-refractivity contribution in [3.05, 3.63) is 22.0 Å². The Morgan fingerprint density at radius 1 is 1.62 bits per heavy atom. The van der Waals surface area contributed by atoms with E-state index in [2.05, 4.69) is 4.98 Å². The Balaban J connectivity index is 2.59. The summed E-state index contributed by atoms with van der Waals surface area (Å²) >= 11 is 0. The van der Waals surface area contributed by atoms with Gasteiger partial charge in [-0.15, -0.1) is 0 Å². The molecule has 0 spiro atoms. The average molecular weight is 180 g/mol. The van der Waals surface area contributed by atoms with Gasteiger partial charge in [0.2, 0.25) is 0 Å². The molecule has 4 nitrogen and oxygen atoms in total. The second-order valence-electron chi connectivity index (χ2n) is 3.26. The van der Waals surface area contributed by atoms with E-state index < -0.39 is 0 Å². The molecule has 0 aromatic carbocycles. The third-order valence-corrected chi connectivity index (χ3v) is 2.24. The number of H-pyrrole nitrogens is 1. The smallest absolute Gasteiger partial charge is 0.252 e. The van der Waals surface area contributed by atoms with Crippen molar-refractivity contribution < 1.29 is 4.74 Å². The van der Waals surface area contributed by atoms with Gasteiger partial charge in [-0.3, -0.25) is 4.79 Å². The number of hydrogen-bond donors (Lipinski definition) is 1. The highest BCUT2D eigenvalue weighted by Gasteiger charge is 2.16. The molecule has 1 aromatic rings. The number of aryl methyl sites for hydroxylation is 1. The van der Waals surface area contributed by atoms with E-state index >= 15 is 0 Å². The molecule has 1 aliphatic heterocycles. The largest absolute Gasteiger partial charge is 0.488 e. The molecule has 0 saturated carbocycles. The van der Waals surface area contributed by atoms with Crippen molar-refractivity contribution in [2.45, 2.75) is 6.92 Å². The number of aromatic nitrogens is 1. The highest BCUT2D eigenvalue weighted by Crippen LogP contribution is 2.26. The van der Waals surface area contributed by atoms with Crippen LogP contribution in [0.4, 0.5) is 5.82 Å². The highest BCUT2D eigenvalue weighted by atomic mass is 16.5. The maximum Gasteiger partial charge on any atom is 0.252 e. The second-order valence-corrected chi connectivity index (χ2v) is 3.26. The number of rotatable bonds is 0. The number of ether oxygens (including phenoxy) is 1. The average Bonchev–Trinajstić information content (AvgIpc) is 2.09. The molecule has 0 atom stereocenters. The summed E-state index contributed by atoms with van der Waals surface area (Å²) in [6.07, 6.45) is 0. The van der Waals surface area contributed by atoms with E-state index in [4.69, 9.17) is 4.74 Å². The summed E-state index contributed by atoms with van der Waals surface area (Å²) in [7, 11) is 1.94. The molecule has 0 radical (unpaired) electrons. The van der Waals surface area contributed by atoms with Crippen LogP contribution in [-0.4, -0.2) is 25.2 Å². The van der Waals surface area contributed by atoms with Gasteiger partial charge in [0.05, 0.1) is 6.54 Å². The van der Waals surface area contributed by atoms with Gasteiger partial charge < -0.3 is 14.6 Å². The minimum atomic E-state index is -0.0453. The van der Waals surface area contributed by atoms with Crippen LogP contribution in [0.5, 0.6) is 5.75 Å². The SMILES string of the molecule is Cc1cc2c([nH]c1=O)N(C)CCO2. The fraction of sp³-hybridized carbons (Fsp3) is 0.444. The number of nitrogens with one attached hydrogen (secondary N) is 1. The minimum Gasteiger partial charge on any atom is -0.488 e. The summed E-state index contributed by atoms with van der Waals surface area (Å²) in [4.78, 5) is 16.1. The molecule has 4 heteroatoms. The number of hydrogen-bond acceptors (Lipinski definition) is 3. The second kappa shape index (κ2) is 2.80. The Morgan fingerprint density at radius 2 is 2.38 bits per heavy atom. The molecule has 13 heavy (non-hydrogen) atoms. The zero-order chi connectivity index (χ0) is 9.42. The molecule has 0 fully saturated rings. The Bertz CT molecular complexity index is 384. The van der Waals surface area contributed by atoms with Crippen LogP contribution in [0.15, 0.2) is 10.9 Å². The first-order valence-corrected chi connectivity index (χ1v) is 4.26. The summed E-state index contributed by atoms with van der Waals surface area (Å²) in [5.41, 5.74) is 0.644. The lowest BCUT2D eigenvalue weighted by Crippen LogP contribution is -2.31. The van der Waals surface area contributed by atoms with E-state index in [-0.39, 0.29) is 5.56 Å². The predicted octanol–water partition coefficient (Wildman–Crippen LogP) is 0.512. The molecule has 0 saturated heterocycles. The van der Waals surface area contributed by atoms with Crippen LogP contribution in [-0.2, 0) is 0 Å². The molecule has 0 amide bonds. The van der Waals surface area contributed by atoms with E-state index in [1.807, 2.05) is 11.9 Å². The van der Waals surface area contributed by atoms with Gasteiger partial charge in [0.25, 0.3) is 5.56 Å². The van der Waals surface area contributed by atoms with Crippen LogP contribution in [0, 0.1) is 6.92 Å². The summed E-state index contributed by atoms with van der Waals surface area (Å²) in [5, 5.41) is 0. The van der Waals surface area contributed by atoms with Gasteiger partial charge in [0.15, 0.2) is 11.6 Å². The van der Waals surface area contributed by atoms with Gasteiger partial charge in [-0.2, -0.15) is 0 Å². The molecule has 70 valence electrons. The van der Waals surface area contributed by atoms with Crippen molar-refractivity contribution in [1.29, 1.82) is 0 Å². The lowest BCUT2D eigenvalue weighted by Gasteiger charge is -2.26. The normalized spacial score (nSPS) is 15.1. The van der Waals surface area contributed by atoms with E-state index in [1.54, 1.807) is 13.0 Å². The zero-order valence-corrected chi connectivity index (χ0v) is 7.76. The van der Waals surface area contributed by atoms with Gasteiger partial charge in [0.1, 0.15) is 6.61 Å². The van der Waals surface area contributed by atoms with Crippen molar-refractivity contribution in [2.24, 2.45) is 0 Å². The lowest BCUT2D eigenvalue weighted by molar-refractivity contribution is 0.308. The fourth-order valence-electron chi connectivity index (χ4n) is 1.40. The van der Waals surface area contributed by atoms with Crippen LogP contribution < -0.4 is 15.2 Å². The molecule has 0 aliphatic carbocycles. The third-order valence-electron chi connectivity index (χ3n) is 2.24. The zero-order valence-electron chi connectivity index (χ0n) is 7.76. The van der Waals surface area contributed by atoms with Gasteiger partial charge in [-0.1, -0.05) is 0 Å². The number of likely N-dealkylation sites (N-methyl/N-ethyl adjacent to an activating group) is 1. The topological polar surface area (TPSA) is 45.3 Å². The molecular weight excluding hydrogens is 168 g/mol. The fourth-order valence-corrected chi connectivity index (χ4v) is 1.40. The van der Waals surface area contributed by atoms with E-state index in [0.29, 0.717) is 12.2 Å². The van der Waals surface area contributed by atoms with Crippen LogP contribution in [0.25, 0.3) is 0 Å². The minimum absolute atomic E-state index is 0.0453. The maximum atomic E-state index is 11.3. The van der Waals surface area contributed by atoms with Crippen molar-refractivity contribution in [3.63, 3.8) is 0 Å². The molecule has 1 aromatic heterocycles. The Hall–Kier alpha value is -1.45. The van der Waals surface area contributed by atoms with Gasteiger partial charge in [-0.25, -0.2) is 0 Å². The standard InChI is InChI=1S/C9H12N2O2/c1-6-5-7-8(10-9(6)12)11(2)3-4-13-7/h5H,3-4H2,1-2H3,(H,10,12). The number of pyridine rings is 1. The van der Waals surface area contributed by atoms with Crippen LogP contribution in [0.2, 0.25) is 0 Å². The van der Waals surface area contributed by atoms with Gasteiger partial charge in [0, 0.05) is 12.6 Å². The van der Waals surface area contributed by atoms with E-state index in [9.17, 15) is 4.79 Å². The van der Waals surface area contributed by atoms with E-state index in [1.165, 1.54) is 0 Å². The summed E-state index contributed by atoms with van der Waals surface area (Å²) in [6.45, 7) is 3.26. The quantitative estimate of drug-likeness (QED) is 0.632. The number of aromatic amines is 1. The first kappa shape index (κ1) is 8.16. The first-order valence-electron chi connectivity index (χ1n) is 4.26. The van der Waals surface area contributed by atoms with Crippen LogP contribution >= 0.6 is 0 Å². The summed E-state index contributed by atoms with van der Waals surface area (Å²) in [5.74, 6) is 1.55. The monoisotopic (exact) mass is 180 g/mol. The van der Waals surface area contributed by atoms with Crippen molar-refractivity contribution in [1.82, 2.24) is 4.98 Å². The van der Waals surface area contributed by atoms with Crippen LogP contribution in [0.1, 0.15) is 5.56 Å². The summed E-state index contributed by atoms with van der Waals surface area (Å²) < 4.78 is 5.42. The number of anilines is 1. The molecular formula is C9H12N2O2. The maximum absolute atomic E-state index is 11.3. The Morgan fingerprint density at radius 3 is 3.15 bits per heavy atom. The Kier molecular flexibility index (Phi) is 1.76. The van der Waals surface area contributed by atoms with Crippen molar-refractivity contribution >= 4 is 5.82 Å². The third kappa shape index (κ3) is 1.28. The number of fused-ring (bicyclic) bond motifs is 1. The molecule has 0 bridgehead atoms. The van der Waals surface area contributed by atoms with Crippen molar-refractivity contribution in [2.75, 3.05) is 25.1 Å². The van der Waals surface area contributed by atoms with Gasteiger partial charge in [-0.05, 0) is 13.0 Å². The molecule has 1 N–H and O–H groups in total. The van der Waals surface area contributed by atoms with Crippen molar-refractivity contribution in [3.8, 4) is 5.75 Å². The highest BCUT2D eigenvalue weighted by molar-refractivity contribution is 5.54. The number of nitrogens with zero attached hydrogens (tertiary/aromatic N) is 1. The van der Waals surface area contributed by atoms with Gasteiger partial charge >= 0.3 is 0 Å². The van der Waals surface area contributed by atoms with E-state index in [0.717, 1.165) is 18.1 Å². The molecule has 2 heterocycles. The predicted molar refractivity (Wildman–Crippen MR) is 50.6 cm³/mol. The first-order chi connectivity index (χ1) is 6.18. The Labute approximate surface area is 76.1 Å². The molecule has 0 unspecified atom stereocenters. The lowest BCUT2D eigenvalue weighted by atomic mass is 10.2. The molecule has 1 aliphatic rings.